The highest BCUT2D eigenvalue weighted by Crippen LogP contribution is 2.31. The molecule has 3 heterocycles. The molecule has 0 aromatic carbocycles. The largest absolute Gasteiger partial charge is 0.382 e. The maximum atomic E-state index is 12.6. The van der Waals surface area contributed by atoms with Gasteiger partial charge in [-0.1, -0.05) is 20.8 Å². The van der Waals surface area contributed by atoms with Crippen LogP contribution in [0.2, 0.25) is 0 Å². The average Bonchev–Trinajstić information content (AvgIpc) is 3.48. The Hall–Kier alpha value is -1.92. The van der Waals surface area contributed by atoms with Gasteiger partial charge in [0.15, 0.2) is 5.13 Å². The molecule has 34 heavy (non-hydrogen) atoms. The summed E-state index contributed by atoms with van der Waals surface area (Å²) >= 11 is 2.92. The van der Waals surface area contributed by atoms with Gasteiger partial charge in [0.05, 0.1) is 37.1 Å². The van der Waals surface area contributed by atoms with E-state index >= 15 is 0 Å². The lowest BCUT2D eigenvalue weighted by Gasteiger charge is -2.31. The van der Waals surface area contributed by atoms with Gasteiger partial charge in [0.1, 0.15) is 12.3 Å². The fourth-order valence-corrected chi connectivity index (χ4v) is 5.31. The van der Waals surface area contributed by atoms with E-state index in [9.17, 15) is 9.59 Å². The van der Waals surface area contributed by atoms with Gasteiger partial charge < -0.3 is 19.1 Å². The van der Waals surface area contributed by atoms with E-state index in [0.29, 0.717) is 50.3 Å². The number of hydrogen-bond donors (Lipinski definition) is 1. The molecule has 9 nitrogen and oxygen atoms in total. The highest BCUT2D eigenvalue weighted by molar-refractivity contribution is 7.14. The van der Waals surface area contributed by atoms with E-state index in [1.54, 1.807) is 12.5 Å². The minimum atomic E-state index is -0.242. The fourth-order valence-electron chi connectivity index (χ4n) is 3.40. The zero-order valence-electron chi connectivity index (χ0n) is 20.3. The SMILES string of the molecule is COCCOCCOCC(=O)N1CCC(c2nc(C(=O)Nc3nc(C(C)(C)C)cs3)cs2)CC1. The van der Waals surface area contributed by atoms with Crippen molar-refractivity contribution in [2.45, 2.75) is 44.9 Å². The van der Waals surface area contributed by atoms with Gasteiger partial charge in [0, 0.05) is 42.3 Å². The predicted octanol–water partition coefficient (Wildman–Crippen LogP) is 3.54. The Kier molecular flexibility index (Phi) is 9.96. The number of likely N-dealkylation sites (tertiary alicyclic amines) is 1. The first-order chi connectivity index (χ1) is 16.3. The number of nitrogens with one attached hydrogen (secondary N) is 1. The van der Waals surface area contributed by atoms with Crippen LogP contribution >= 0.6 is 22.7 Å². The Morgan fingerprint density at radius 1 is 1.06 bits per heavy atom. The molecule has 1 aliphatic rings. The zero-order chi connectivity index (χ0) is 24.6. The third kappa shape index (κ3) is 7.81. The van der Waals surface area contributed by atoms with Gasteiger partial charge >= 0.3 is 0 Å². The lowest BCUT2D eigenvalue weighted by molar-refractivity contribution is -0.137. The number of carbonyl (C=O) groups excluding carboxylic acids is 2. The van der Waals surface area contributed by atoms with Crippen LogP contribution in [0, 0.1) is 0 Å². The van der Waals surface area contributed by atoms with Crippen LogP contribution in [0.1, 0.15) is 60.7 Å². The molecular weight excluding hydrogens is 476 g/mol. The Bertz CT molecular complexity index is 932. The number of carbonyl (C=O) groups is 2. The van der Waals surface area contributed by atoms with E-state index in [0.717, 1.165) is 23.5 Å². The number of aromatic nitrogens is 2. The molecule has 0 aliphatic carbocycles. The van der Waals surface area contributed by atoms with Crippen molar-refractivity contribution in [1.82, 2.24) is 14.9 Å². The first-order valence-corrected chi connectivity index (χ1v) is 13.2. The van der Waals surface area contributed by atoms with Crippen LogP contribution in [0.5, 0.6) is 0 Å². The molecule has 0 radical (unpaired) electrons. The topological polar surface area (TPSA) is 103 Å². The molecule has 11 heteroatoms. The number of hydrogen-bond acceptors (Lipinski definition) is 9. The van der Waals surface area contributed by atoms with E-state index in [4.69, 9.17) is 14.2 Å². The second-order valence-corrected chi connectivity index (χ2v) is 10.9. The highest BCUT2D eigenvalue weighted by atomic mass is 32.1. The number of piperidine rings is 1. The summed E-state index contributed by atoms with van der Waals surface area (Å²) in [5, 5.41) is 8.15. The van der Waals surface area contributed by atoms with Gasteiger partial charge in [-0.15, -0.1) is 22.7 Å². The third-order valence-electron chi connectivity index (χ3n) is 5.47. The highest BCUT2D eigenvalue weighted by Gasteiger charge is 2.26. The number of anilines is 1. The number of amides is 2. The second-order valence-electron chi connectivity index (χ2n) is 9.13. The van der Waals surface area contributed by atoms with Crippen molar-refractivity contribution in [3.63, 3.8) is 0 Å². The predicted molar refractivity (Wildman–Crippen MR) is 133 cm³/mol. The van der Waals surface area contributed by atoms with Crippen molar-refractivity contribution in [1.29, 1.82) is 0 Å². The van der Waals surface area contributed by atoms with Crippen LogP contribution in [0.25, 0.3) is 0 Å². The van der Waals surface area contributed by atoms with Crippen molar-refractivity contribution in [3.05, 3.63) is 27.2 Å². The summed E-state index contributed by atoms with van der Waals surface area (Å²) in [6.45, 7) is 9.54. The molecule has 0 unspecified atom stereocenters. The molecule has 0 atom stereocenters. The van der Waals surface area contributed by atoms with Crippen molar-refractivity contribution >= 4 is 39.6 Å². The van der Waals surface area contributed by atoms with Crippen molar-refractivity contribution in [2.24, 2.45) is 0 Å². The molecule has 2 aromatic rings. The first kappa shape index (κ1) is 26.7. The Balaban J connectivity index is 1.40. The molecule has 1 fully saturated rings. The molecule has 188 valence electrons. The standard InChI is InChI=1S/C23H34N4O5S2/c1-23(2,3)18-15-34-22(25-18)26-20(29)17-14-33-21(24-17)16-5-7-27(8-6-16)19(28)13-32-12-11-31-10-9-30-4/h14-16H,5-13H2,1-4H3,(H,25,26,29). The van der Waals surface area contributed by atoms with Crippen LogP contribution in [0.3, 0.4) is 0 Å². The van der Waals surface area contributed by atoms with Gasteiger partial charge in [-0.3, -0.25) is 14.9 Å². The summed E-state index contributed by atoms with van der Waals surface area (Å²) in [7, 11) is 1.62. The second kappa shape index (κ2) is 12.7. The first-order valence-electron chi connectivity index (χ1n) is 11.4. The Morgan fingerprint density at radius 3 is 2.44 bits per heavy atom. The summed E-state index contributed by atoms with van der Waals surface area (Å²) in [6, 6.07) is 0. The van der Waals surface area contributed by atoms with E-state index in [1.807, 2.05) is 10.3 Å². The molecule has 0 bridgehead atoms. The molecule has 1 saturated heterocycles. The van der Waals surface area contributed by atoms with E-state index in [2.05, 4.69) is 36.1 Å². The van der Waals surface area contributed by atoms with E-state index in [1.165, 1.54) is 22.7 Å². The zero-order valence-corrected chi connectivity index (χ0v) is 21.9. The molecule has 1 N–H and O–H groups in total. The smallest absolute Gasteiger partial charge is 0.276 e. The lowest BCUT2D eigenvalue weighted by Crippen LogP contribution is -2.40. The molecule has 0 saturated carbocycles. The van der Waals surface area contributed by atoms with Crippen LogP contribution in [-0.4, -0.2) is 79.9 Å². The van der Waals surface area contributed by atoms with Crippen LogP contribution in [0.15, 0.2) is 10.8 Å². The Morgan fingerprint density at radius 2 is 1.76 bits per heavy atom. The summed E-state index contributed by atoms with van der Waals surface area (Å²) in [5.74, 6) is -0.000971. The minimum Gasteiger partial charge on any atom is -0.382 e. The lowest BCUT2D eigenvalue weighted by atomic mass is 9.93. The summed E-state index contributed by atoms with van der Waals surface area (Å²) in [6.07, 6.45) is 1.64. The monoisotopic (exact) mass is 510 g/mol. The molecule has 2 amide bonds. The van der Waals surface area contributed by atoms with Crippen LogP contribution in [-0.2, 0) is 24.4 Å². The average molecular weight is 511 g/mol. The molecule has 3 rings (SSSR count). The quantitative estimate of drug-likeness (QED) is 0.461. The minimum absolute atomic E-state index is 0.00683. The van der Waals surface area contributed by atoms with Gasteiger partial charge in [-0.25, -0.2) is 9.97 Å². The number of methoxy groups -OCH3 is 1. The van der Waals surface area contributed by atoms with Gasteiger partial charge in [-0.2, -0.15) is 0 Å². The van der Waals surface area contributed by atoms with Crippen molar-refractivity contribution < 1.29 is 23.8 Å². The number of rotatable bonds is 11. The number of nitrogens with zero attached hydrogens (tertiary/aromatic N) is 3. The summed E-state index contributed by atoms with van der Waals surface area (Å²) in [4.78, 5) is 35.9. The van der Waals surface area contributed by atoms with E-state index < -0.39 is 0 Å². The van der Waals surface area contributed by atoms with Crippen molar-refractivity contribution in [2.75, 3.05) is 58.6 Å². The summed E-state index contributed by atoms with van der Waals surface area (Å²) < 4.78 is 15.6. The molecule has 0 spiro atoms. The molecule has 2 aromatic heterocycles. The van der Waals surface area contributed by atoms with Gasteiger partial charge in [0.25, 0.3) is 5.91 Å². The molecule has 1 aliphatic heterocycles. The van der Waals surface area contributed by atoms with Gasteiger partial charge in [-0.05, 0) is 12.8 Å². The number of ether oxygens (including phenoxy) is 3. The number of thiazole rings is 2. The maximum Gasteiger partial charge on any atom is 0.276 e. The Labute approximate surface area is 208 Å². The van der Waals surface area contributed by atoms with Gasteiger partial charge in [0.2, 0.25) is 5.91 Å². The molecular formula is C23H34N4O5S2. The van der Waals surface area contributed by atoms with Crippen LogP contribution in [0.4, 0.5) is 5.13 Å². The van der Waals surface area contributed by atoms with E-state index in [-0.39, 0.29) is 29.8 Å². The maximum absolute atomic E-state index is 12.6. The van der Waals surface area contributed by atoms with Crippen LogP contribution < -0.4 is 5.32 Å². The van der Waals surface area contributed by atoms with Crippen molar-refractivity contribution in [3.8, 4) is 0 Å². The fraction of sp³-hybridized carbons (Fsp3) is 0.652. The normalized spacial score (nSPS) is 15.0. The third-order valence-corrected chi connectivity index (χ3v) is 7.24. The summed E-state index contributed by atoms with van der Waals surface area (Å²) in [5.41, 5.74) is 1.30.